The number of hydrogen-bond donors (Lipinski definition) is 2. The molecule has 1 unspecified atom stereocenters. The third kappa shape index (κ3) is 7.38. The maximum atomic E-state index is 13.9. The van der Waals surface area contributed by atoms with Crippen molar-refractivity contribution in [1.29, 1.82) is 0 Å². The van der Waals surface area contributed by atoms with Crippen LogP contribution in [0.25, 0.3) is 0 Å². The van der Waals surface area contributed by atoms with Crippen molar-refractivity contribution >= 4 is 27.1 Å². The number of rotatable bonds is 13. The van der Waals surface area contributed by atoms with E-state index in [4.69, 9.17) is 9.68 Å². The fourth-order valence-electron chi connectivity index (χ4n) is 4.96. The third-order valence-electron chi connectivity index (χ3n) is 7.09. The summed E-state index contributed by atoms with van der Waals surface area (Å²) in [5, 5.41) is 7.74. The maximum Gasteiger partial charge on any atom is 0.253 e. The van der Waals surface area contributed by atoms with Crippen molar-refractivity contribution in [2.75, 3.05) is 42.7 Å². The van der Waals surface area contributed by atoms with Gasteiger partial charge in [0, 0.05) is 37.2 Å². The van der Waals surface area contributed by atoms with Gasteiger partial charge in [-0.05, 0) is 31.4 Å². The van der Waals surface area contributed by atoms with Gasteiger partial charge in [-0.1, -0.05) is 49.9 Å². The molecule has 2 fully saturated rings. The second-order valence-corrected chi connectivity index (χ2v) is 11.9. The van der Waals surface area contributed by atoms with E-state index >= 15 is 0 Å². The first-order valence-electron chi connectivity index (χ1n) is 13.7. The molecule has 1 atom stereocenters. The molecule has 1 aliphatic heterocycles. The molecule has 0 amide bonds. The quantitative estimate of drug-likeness (QED) is 0.218. The number of anilines is 3. The molecule has 1 saturated heterocycles. The largest absolute Gasteiger partial charge is 0.379 e. The van der Waals surface area contributed by atoms with Gasteiger partial charge in [0.25, 0.3) is 10.9 Å². The predicted molar refractivity (Wildman–Crippen MR) is 146 cm³/mol. The van der Waals surface area contributed by atoms with Crippen LogP contribution in [-0.4, -0.2) is 67.1 Å². The van der Waals surface area contributed by atoms with Crippen LogP contribution in [0.1, 0.15) is 64.7 Å². The van der Waals surface area contributed by atoms with Crippen LogP contribution in [0.5, 0.6) is 0 Å². The van der Waals surface area contributed by atoms with E-state index < -0.39 is 26.9 Å². The zero-order valence-corrected chi connectivity index (χ0v) is 22.9. The van der Waals surface area contributed by atoms with Crippen LogP contribution in [0.4, 0.5) is 17.1 Å². The molecular weight excluding hydrogens is 510 g/mol. The molecule has 12 heteroatoms. The Bertz CT molecular complexity index is 1190. The minimum atomic E-state index is -3.89. The summed E-state index contributed by atoms with van der Waals surface area (Å²) in [6.07, 6.45) is 10.9. The molecule has 0 radical (unpaired) electrons. The molecule has 0 bridgehead atoms. The first-order chi connectivity index (χ1) is 18.4. The van der Waals surface area contributed by atoms with Crippen LogP contribution >= 0.6 is 0 Å². The number of aromatic nitrogens is 1. The standard InChI is InChI=1S/C26H39N5O6S/c1-2-3-8-21(29-24-23(25(32)26(24)33)28-20-11-13-27-14-12-20)19-38(34,35)31(22-9-6-4-5-7-10-22)37-30-15-17-36-18-16-30/h11-14,21-22,29H,2-10,15-19H2,1H3,(H,27,28). The Labute approximate surface area is 224 Å². The van der Waals surface area contributed by atoms with Crippen LogP contribution in [-0.2, 0) is 19.7 Å². The van der Waals surface area contributed by atoms with E-state index in [9.17, 15) is 18.0 Å². The number of ether oxygens (including phenoxy) is 1. The van der Waals surface area contributed by atoms with E-state index in [2.05, 4.69) is 15.6 Å². The number of hydroxylamine groups is 3. The molecule has 11 nitrogen and oxygen atoms in total. The molecule has 2 aromatic rings. The molecular formula is C26H39N5O6S. The van der Waals surface area contributed by atoms with Crippen LogP contribution in [0.3, 0.4) is 0 Å². The summed E-state index contributed by atoms with van der Waals surface area (Å²) < 4.78 is 34.4. The first-order valence-corrected chi connectivity index (χ1v) is 15.3. The Hall–Kier alpha value is -2.38. The second kappa shape index (κ2) is 13.6. The van der Waals surface area contributed by atoms with E-state index in [1.54, 1.807) is 29.6 Å². The van der Waals surface area contributed by atoms with Gasteiger partial charge in [0.2, 0.25) is 10.0 Å². The lowest BCUT2D eigenvalue weighted by atomic mass is 10.1. The number of pyridine rings is 1. The van der Waals surface area contributed by atoms with Crippen molar-refractivity contribution in [3.8, 4) is 0 Å². The van der Waals surface area contributed by atoms with Crippen molar-refractivity contribution in [3.63, 3.8) is 0 Å². The number of nitrogens with zero attached hydrogens (tertiary/aromatic N) is 3. The monoisotopic (exact) mass is 549 g/mol. The van der Waals surface area contributed by atoms with E-state index in [0.717, 1.165) is 51.4 Å². The van der Waals surface area contributed by atoms with Crippen molar-refractivity contribution in [1.82, 2.24) is 14.5 Å². The van der Waals surface area contributed by atoms with E-state index in [-0.39, 0.29) is 23.2 Å². The second-order valence-electron chi connectivity index (χ2n) is 10.1. The third-order valence-corrected chi connectivity index (χ3v) is 8.83. The molecule has 1 saturated carbocycles. The molecule has 38 heavy (non-hydrogen) atoms. The Morgan fingerprint density at radius 1 is 1.08 bits per heavy atom. The lowest BCUT2D eigenvalue weighted by Crippen LogP contribution is -2.50. The Morgan fingerprint density at radius 2 is 1.74 bits per heavy atom. The van der Waals surface area contributed by atoms with E-state index in [1.165, 1.54) is 4.47 Å². The highest BCUT2D eigenvalue weighted by atomic mass is 32.2. The number of unbranched alkanes of at least 4 members (excludes halogenated alkanes) is 1. The van der Waals surface area contributed by atoms with E-state index in [0.29, 0.717) is 38.4 Å². The van der Waals surface area contributed by atoms with E-state index in [1.807, 2.05) is 6.92 Å². The topological polar surface area (TPSA) is 130 Å². The SMILES string of the molecule is CCCCC(CS(=O)(=O)N(ON1CCOCC1)C1CCCCCC1)Nc1c(Nc2ccncc2)c(=O)c1=O. The predicted octanol–water partition coefficient (Wildman–Crippen LogP) is 2.93. The highest BCUT2D eigenvalue weighted by molar-refractivity contribution is 7.89. The highest BCUT2D eigenvalue weighted by Gasteiger charge is 2.36. The summed E-state index contributed by atoms with van der Waals surface area (Å²) in [5.74, 6) is -0.249. The summed E-state index contributed by atoms with van der Waals surface area (Å²) in [6.45, 7) is 3.97. The van der Waals surface area contributed by atoms with Crippen molar-refractivity contribution in [3.05, 3.63) is 45.0 Å². The van der Waals surface area contributed by atoms with Crippen LogP contribution in [0.15, 0.2) is 34.1 Å². The molecule has 2 heterocycles. The lowest BCUT2D eigenvalue weighted by molar-refractivity contribution is -0.311. The zero-order chi connectivity index (χ0) is 27.0. The van der Waals surface area contributed by atoms with Gasteiger partial charge in [-0.2, -0.15) is 10.0 Å². The fraction of sp³-hybridized carbons (Fsp3) is 0.654. The van der Waals surface area contributed by atoms with Gasteiger partial charge in [0.1, 0.15) is 11.4 Å². The van der Waals surface area contributed by atoms with Gasteiger partial charge in [-0.15, -0.1) is 0 Å². The summed E-state index contributed by atoms with van der Waals surface area (Å²) in [7, 11) is -3.89. The van der Waals surface area contributed by atoms with Crippen LogP contribution in [0, 0.1) is 0 Å². The van der Waals surface area contributed by atoms with Crippen LogP contribution in [0.2, 0.25) is 0 Å². The Balaban J connectivity index is 1.54. The summed E-state index contributed by atoms with van der Waals surface area (Å²) in [5.41, 5.74) is -0.391. The maximum absolute atomic E-state index is 13.9. The van der Waals surface area contributed by atoms with Crippen molar-refractivity contribution in [2.45, 2.75) is 76.8 Å². The molecule has 1 aromatic heterocycles. The molecule has 1 aromatic carbocycles. The zero-order valence-electron chi connectivity index (χ0n) is 22.1. The smallest absolute Gasteiger partial charge is 0.253 e. The number of morpholine rings is 1. The van der Waals surface area contributed by atoms with Crippen LogP contribution < -0.4 is 21.5 Å². The van der Waals surface area contributed by atoms with Gasteiger partial charge >= 0.3 is 0 Å². The Kier molecular flexibility index (Phi) is 10.3. The first kappa shape index (κ1) is 28.6. The van der Waals surface area contributed by atoms with Crippen molar-refractivity contribution < 1.29 is 18.1 Å². The summed E-state index contributed by atoms with van der Waals surface area (Å²) >= 11 is 0. The minimum absolute atomic E-state index is 0.123. The molecule has 1 aliphatic carbocycles. The van der Waals surface area contributed by atoms with Gasteiger partial charge in [-0.3, -0.25) is 14.6 Å². The molecule has 210 valence electrons. The minimum Gasteiger partial charge on any atom is -0.379 e. The molecule has 2 N–H and O–H groups in total. The highest BCUT2D eigenvalue weighted by Crippen LogP contribution is 2.27. The van der Waals surface area contributed by atoms with Gasteiger partial charge < -0.3 is 15.4 Å². The number of sulfonamides is 1. The number of nitrogens with one attached hydrogen (secondary N) is 2. The average molecular weight is 550 g/mol. The van der Waals surface area contributed by atoms with Gasteiger partial charge in [0.15, 0.2) is 0 Å². The number of hydrogen-bond acceptors (Lipinski definition) is 10. The van der Waals surface area contributed by atoms with Gasteiger partial charge in [0.05, 0.1) is 25.0 Å². The average Bonchev–Trinajstić information content (AvgIpc) is 3.22. The summed E-state index contributed by atoms with van der Waals surface area (Å²) in [4.78, 5) is 34.8. The van der Waals surface area contributed by atoms with Gasteiger partial charge in [-0.25, -0.2) is 8.42 Å². The van der Waals surface area contributed by atoms with Crippen molar-refractivity contribution in [2.24, 2.45) is 0 Å². The molecule has 2 aliphatic rings. The fourth-order valence-corrected chi connectivity index (χ4v) is 6.73. The lowest BCUT2D eigenvalue weighted by Gasteiger charge is -2.35. The Morgan fingerprint density at radius 3 is 2.39 bits per heavy atom. The molecule has 0 spiro atoms. The normalized spacial score (nSPS) is 18.9. The summed E-state index contributed by atoms with van der Waals surface area (Å²) in [6, 6.07) is 2.57. The molecule has 4 rings (SSSR count).